The van der Waals surface area contributed by atoms with Crippen LogP contribution < -0.4 is 19.5 Å². The van der Waals surface area contributed by atoms with E-state index in [-0.39, 0.29) is 41.9 Å². The highest BCUT2D eigenvalue weighted by Crippen LogP contribution is 2.37. The van der Waals surface area contributed by atoms with E-state index in [9.17, 15) is 4.79 Å². The van der Waals surface area contributed by atoms with Gasteiger partial charge >= 0.3 is 0 Å². The van der Waals surface area contributed by atoms with Gasteiger partial charge < -0.3 is 24.4 Å². The maximum Gasteiger partial charge on any atom is 0.246 e. The van der Waals surface area contributed by atoms with Crippen LogP contribution in [0.3, 0.4) is 0 Å². The van der Waals surface area contributed by atoms with E-state index in [1.807, 2.05) is 19.1 Å². The third kappa shape index (κ3) is 6.37. The molecule has 1 saturated heterocycles. The molecule has 1 aliphatic heterocycles. The predicted octanol–water partition coefficient (Wildman–Crippen LogP) is 5.71. The van der Waals surface area contributed by atoms with Gasteiger partial charge in [-0.3, -0.25) is 9.78 Å². The predicted molar refractivity (Wildman–Crippen MR) is 163 cm³/mol. The summed E-state index contributed by atoms with van der Waals surface area (Å²) in [5, 5.41) is 7.88. The Labute approximate surface area is 257 Å². The minimum Gasteiger partial charge on any atom is -0.493 e. The second kappa shape index (κ2) is 12.6. The number of hydrogen-bond acceptors (Lipinski definition) is 9. The molecule has 2 atom stereocenters. The van der Waals surface area contributed by atoms with Crippen LogP contribution in [-0.4, -0.2) is 68.0 Å². The number of fused-ring (bicyclic) bond motifs is 1. The summed E-state index contributed by atoms with van der Waals surface area (Å²) in [6, 6.07) is 13.1. The number of rotatable bonds is 9. The Balaban J connectivity index is 1.20. The highest BCUT2D eigenvalue weighted by Gasteiger charge is 2.33. The summed E-state index contributed by atoms with van der Waals surface area (Å²) >= 11 is 0. The van der Waals surface area contributed by atoms with Gasteiger partial charge in [0.15, 0.2) is 17.7 Å². The number of carbonyl (C=O) groups excluding carboxylic acids is 1. The number of piperidine rings is 1. The number of pyridine rings is 1. The van der Waals surface area contributed by atoms with E-state index in [0.29, 0.717) is 29.0 Å². The number of aryl methyl sites for hydroxylation is 1. The van der Waals surface area contributed by atoms with Crippen molar-refractivity contribution in [3.05, 3.63) is 91.4 Å². The number of carbonyl (C=O) groups is 1. The van der Waals surface area contributed by atoms with Gasteiger partial charge in [-0.1, -0.05) is 6.58 Å². The lowest BCUT2D eigenvalue weighted by molar-refractivity contribution is -0.129. The molecular formula is C32H29F2N7O4. The molecule has 1 fully saturated rings. The van der Waals surface area contributed by atoms with E-state index in [0.717, 1.165) is 17.5 Å². The van der Waals surface area contributed by atoms with Gasteiger partial charge in [-0.2, -0.15) is 0 Å². The Bertz CT molecular complexity index is 1860. The van der Waals surface area contributed by atoms with Crippen molar-refractivity contribution in [2.24, 2.45) is 0 Å². The summed E-state index contributed by atoms with van der Waals surface area (Å²) in [5.74, 6) is 0.529. The molecule has 4 heterocycles. The van der Waals surface area contributed by atoms with Gasteiger partial charge in [0.1, 0.15) is 29.8 Å². The van der Waals surface area contributed by atoms with Gasteiger partial charge in [-0.05, 0) is 43.3 Å². The van der Waals surface area contributed by atoms with Crippen LogP contribution in [0.25, 0.3) is 16.6 Å². The zero-order chi connectivity index (χ0) is 31.5. The van der Waals surface area contributed by atoms with Crippen LogP contribution in [0.1, 0.15) is 12.1 Å². The van der Waals surface area contributed by atoms with Crippen molar-refractivity contribution in [2.75, 3.05) is 25.5 Å². The maximum atomic E-state index is 15.3. The lowest BCUT2D eigenvalue weighted by atomic mass is 10.1. The van der Waals surface area contributed by atoms with E-state index in [1.165, 1.54) is 30.5 Å². The molecule has 0 radical (unpaired) electrons. The lowest BCUT2D eigenvalue weighted by Crippen LogP contribution is -2.48. The molecule has 1 amide bonds. The molecule has 0 saturated carbocycles. The first-order chi connectivity index (χ1) is 21.8. The SMILES string of the molecule is C=CC(=O)N1CC[C@H](Oc2cc3c(Nc4ccc(Oc5ccn(-c6ccc(C)nc6)n5)cc4F)ncnc3cc2OC)[C@H](F)C1. The van der Waals surface area contributed by atoms with Crippen molar-refractivity contribution < 1.29 is 27.8 Å². The molecule has 0 bridgehead atoms. The number of halogens is 2. The second-order valence-electron chi connectivity index (χ2n) is 10.3. The van der Waals surface area contributed by atoms with E-state index < -0.39 is 18.1 Å². The van der Waals surface area contributed by atoms with Crippen LogP contribution in [-0.2, 0) is 4.79 Å². The molecule has 0 spiro atoms. The topological polar surface area (TPSA) is 117 Å². The average Bonchev–Trinajstić information content (AvgIpc) is 3.51. The molecule has 0 unspecified atom stereocenters. The fourth-order valence-electron chi connectivity index (χ4n) is 4.93. The van der Waals surface area contributed by atoms with Crippen molar-refractivity contribution in [3.63, 3.8) is 0 Å². The molecule has 1 aliphatic rings. The fourth-order valence-corrected chi connectivity index (χ4v) is 4.93. The van der Waals surface area contributed by atoms with Gasteiger partial charge in [0.2, 0.25) is 11.8 Å². The zero-order valence-electron chi connectivity index (χ0n) is 24.5. The number of anilines is 2. The minimum absolute atomic E-state index is 0.105. The molecule has 5 aromatic rings. The van der Waals surface area contributed by atoms with Crippen LogP contribution in [0.15, 0.2) is 79.9 Å². The van der Waals surface area contributed by atoms with E-state index in [2.05, 4.69) is 31.9 Å². The Kier molecular flexibility index (Phi) is 8.23. The molecule has 6 rings (SSSR count). The number of nitrogens with one attached hydrogen (secondary N) is 1. The number of aromatic nitrogens is 5. The van der Waals surface area contributed by atoms with Gasteiger partial charge in [0, 0.05) is 48.4 Å². The first-order valence-corrected chi connectivity index (χ1v) is 14.1. The molecule has 230 valence electrons. The molecule has 13 heteroatoms. The zero-order valence-corrected chi connectivity index (χ0v) is 24.5. The summed E-state index contributed by atoms with van der Waals surface area (Å²) < 4.78 is 49.2. The van der Waals surface area contributed by atoms with Crippen molar-refractivity contribution in [1.29, 1.82) is 0 Å². The number of nitrogens with zero attached hydrogens (tertiary/aromatic N) is 6. The summed E-state index contributed by atoms with van der Waals surface area (Å²) in [7, 11) is 1.47. The molecule has 0 aliphatic carbocycles. The summed E-state index contributed by atoms with van der Waals surface area (Å²) in [4.78, 5) is 26.2. The number of benzene rings is 2. The quantitative estimate of drug-likeness (QED) is 0.209. The first-order valence-electron chi connectivity index (χ1n) is 14.1. The van der Waals surface area contributed by atoms with Gasteiger partial charge in [0.05, 0.1) is 36.7 Å². The number of likely N-dealkylation sites (tertiary alicyclic amines) is 1. The number of hydrogen-bond donors (Lipinski definition) is 1. The Morgan fingerprint density at radius 2 is 1.98 bits per heavy atom. The normalized spacial score (nSPS) is 16.3. The van der Waals surface area contributed by atoms with E-state index in [1.54, 1.807) is 41.3 Å². The van der Waals surface area contributed by atoms with Crippen molar-refractivity contribution in [1.82, 2.24) is 29.6 Å². The smallest absolute Gasteiger partial charge is 0.246 e. The van der Waals surface area contributed by atoms with Crippen molar-refractivity contribution in [2.45, 2.75) is 25.6 Å². The third-order valence-electron chi connectivity index (χ3n) is 7.31. The Morgan fingerprint density at radius 1 is 1.11 bits per heavy atom. The van der Waals surface area contributed by atoms with Crippen LogP contribution >= 0.6 is 0 Å². The largest absolute Gasteiger partial charge is 0.493 e. The van der Waals surface area contributed by atoms with Gasteiger partial charge in [-0.15, -0.1) is 5.10 Å². The Hall–Kier alpha value is -5.59. The van der Waals surface area contributed by atoms with Crippen molar-refractivity contribution in [3.8, 4) is 28.8 Å². The van der Waals surface area contributed by atoms with Crippen LogP contribution in [0.4, 0.5) is 20.3 Å². The molecule has 1 N–H and O–H groups in total. The summed E-state index contributed by atoms with van der Waals surface area (Å²) in [6.45, 7) is 5.58. The monoisotopic (exact) mass is 613 g/mol. The number of amides is 1. The van der Waals surface area contributed by atoms with Crippen molar-refractivity contribution >= 4 is 28.3 Å². The Morgan fingerprint density at radius 3 is 2.71 bits per heavy atom. The summed E-state index contributed by atoms with van der Waals surface area (Å²) in [6.07, 6.45) is 3.97. The lowest BCUT2D eigenvalue weighted by Gasteiger charge is -2.34. The minimum atomic E-state index is -1.42. The average molecular weight is 614 g/mol. The summed E-state index contributed by atoms with van der Waals surface area (Å²) in [5.41, 5.74) is 2.29. The third-order valence-corrected chi connectivity index (χ3v) is 7.31. The number of ether oxygens (including phenoxy) is 3. The van der Waals surface area contributed by atoms with Crippen LogP contribution in [0.2, 0.25) is 0 Å². The molecule has 3 aromatic heterocycles. The van der Waals surface area contributed by atoms with E-state index >= 15 is 8.78 Å². The number of alkyl halides is 1. The number of methoxy groups -OCH3 is 1. The highest BCUT2D eigenvalue weighted by molar-refractivity contribution is 5.93. The van der Waals surface area contributed by atoms with Crippen LogP contribution in [0, 0.1) is 12.7 Å². The van der Waals surface area contributed by atoms with Gasteiger partial charge in [-0.25, -0.2) is 23.4 Å². The maximum absolute atomic E-state index is 15.3. The fraction of sp³-hybridized carbons (Fsp3) is 0.219. The molecule has 11 nitrogen and oxygen atoms in total. The van der Waals surface area contributed by atoms with Crippen LogP contribution in [0.5, 0.6) is 23.1 Å². The van der Waals surface area contributed by atoms with Gasteiger partial charge in [0.25, 0.3) is 0 Å². The highest BCUT2D eigenvalue weighted by atomic mass is 19.1. The molecule has 45 heavy (non-hydrogen) atoms. The molecule has 2 aromatic carbocycles. The molecular weight excluding hydrogens is 584 g/mol. The second-order valence-corrected chi connectivity index (χ2v) is 10.3. The first kappa shape index (κ1) is 29.5. The van der Waals surface area contributed by atoms with E-state index in [4.69, 9.17) is 14.2 Å². The standard InChI is InChI=1S/C32H29F2N7O4/c1-4-31(42)40-11-9-27(24(34)17-40)45-29-14-22-26(15-28(29)43-3)36-18-37-32(22)38-25-8-7-21(13-23(25)33)44-30-10-12-41(39-30)20-6-5-19(2)35-16-20/h4-8,10,12-16,18,24,27H,1,9,11,17H2,2-3H3,(H,36,37,38)/t24-,27+/m1/s1.